The third-order valence-corrected chi connectivity index (χ3v) is 18.2. The fourth-order valence-corrected chi connectivity index (χ4v) is 13.9. The summed E-state index contributed by atoms with van der Waals surface area (Å²) in [6.07, 6.45) is 2.27. The third kappa shape index (κ3) is 6.27. The van der Waals surface area contributed by atoms with Crippen molar-refractivity contribution in [2.24, 2.45) is 0 Å². The van der Waals surface area contributed by atoms with Gasteiger partial charge in [-0.25, -0.2) is 0 Å². The van der Waals surface area contributed by atoms with E-state index in [1.807, 2.05) is 0 Å². The molecule has 0 amide bonds. The Balaban J connectivity index is 1.14. The molecular weight excluding hydrogens is 928 g/mol. The molecule has 0 fully saturated rings. The van der Waals surface area contributed by atoms with E-state index in [1.54, 1.807) is 0 Å². The van der Waals surface area contributed by atoms with Gasteiger partial charge in [-0.1, -0.05) is 159 Å². The topological polar surface area (TPSA) is 42.0 Å². The molecule has 15 rings (SSSR count). The predicted molar refractivity (Wildman–Crippen MR) is 318 cm³/mol. The summed E-state index contributed by atoms with van der Waals surface area (Å²) in [4.78, 5) is 5.31. The van der Waals surface area contributed by atoms with Crippen LogP contribution in [0.5, 0.6) is 11.5 Å². The van der Waals surface area contributed by atoms with E-state index in [0.717, 1.165) is 108 Å². The lowest BCUT2D eigenvalue weighted by Crippen LogP contribution is -2.62. The maximum atomic E-state index is 7.28. The highest BCUT2D eigenvalue weighted by atomic mass is 16.5. The van der Waals surface area contributed by atoms with Gasteiger partial charge in [0.1, 0.15) is 33.8 Å². The van der Waals surface area contributed by atoms with E-state index in [9.17, 15) is 0 Å². The number of furan rings is 2. The number of hydrogen-bond donors (Lipinski definition) is 0. The van der Waals surface area contributed by atoms with E-state index < -0.39 is 0 Å². The van der Waals surface area contributed by atoms with Crippen molar-refractivity contribution in [1.29, 1.82) is 0 Å². The number of nitrogens with zero attached hydrogens (tertiary/aromatic N) is 2. The number of anilines is 5. The molecule has 372 valence electrons. The number of benzene rings is 9. The second-order valence-electron chi connectivity index (χ2n) is 25.2. The van der Waals surface area contributed by atoms with Gasteiger partial charge >= 0.3 is 6.85 Å². The summed E-state index contributed by atoms with van der Waals surface area (Å²) in [7, 11) is 0. The lowest BCUT2D eigenvalue weighted by molar-refractivity contribution is 0.332. The Hall–Kier alpha value is -7.96. The largest absolute Gasteiger partial charge is 0.457 e. The first kappa shape index (κ1) is 45.4. The van der Waals surface area contributed by atoms with Crippen molar-refractivity contribution < 1.29 is 13.6 Å². The Morgan fingerprint density at radius 1 is 0.487 bits per heavy atom. The Bertz CT molecular complexity index is 4320. The highest BCUT2D eigenvalue weighted by molar-refractivity contribution is 6.94. The summed E-state index contributed by atoms with van der Waals surface area (Å²) in [5.41, 5.74) is 23.3. The van der Waals surface area contributed by atoms with Crippen molar-refractivity contribution in [2.45, 2.75) is 104 Å². The number of aryl methyl sites for hydroxylation is 1. The Morgan fingerprint density at radius 2 is 1.13 bits per heavy atom. The zero-order chi connectivity index (χ0) is 51.9. The minimum atomic E-state index is -0.367. The fraction of sp³-hybridized carbons (Fsp3) is 0.229. The smallest absolute Gasteiger partial charge is 0.333 e. The average molecular weight is 989 g/mol. The summed E-state index contributed by atoms with van der Waals surface area (Å²) in [6, 6.07) is 61.0. The molecular formula is C70H61BN2O3. The SMILES string of the molecule is Cc1cc2c(cc1N1c3cc4c(cc3B3c5c1cc1c(oc6ccccc61)c5-c1cc5oc6ccccc6c5cc1N3c1ccc(C(C)(C)C)cc1-c1ccccc1)Oc1ccccc1C4(C)C)C(C)(C)CCC2(C)C. The van der Waals surface area contributed by atoms with Gasteiger partial charge in [-0.05, 0) is 141 Å². The molecule has 0 radical (unpaired) electrons. The molecule has 0 N–H and O–H groups in total. The van der Waals surface area contributed by atoms with Crippen molar-refractivity contribution in [3.63, 3.8) is 0 Å². The van der Waals surface area contributed by atoms with Crippen LogP contribution in [0.4, 0.5) is 28.4 Å². The number of para-hydroxylation sites is 3. The summed E-state index contributed by atoms with van der Waals surface area (Å²) < 4.78 is 21.3. The molecule has 5 nitrogen and oxygen atoms in total. The monoisotopic (exact) mass is 988 g/mol. The van der Waals surface area contributed by atoms with Crippen LogP contribution in [-0.4, -0.2) is 6.85 Å². The Morgan fingerprint density at radius 3 is 1.88 bits per heavy atom. The number of ether oxygens (including phenoxy) is 1. The molecule has 9 aromatic carbocycles. The van der Waals surface area contributed by atoms with Gasteiger partial charge < -0.3 is 23.3 Å². The molecule has 0 spiro atoms. The van der Waals surface area contributed by atoms with Gasteiger partial charge in [0.2, 0.25) is 0 Å². The van der Waals surface area contributed by atoms with Crippen molar-refractivity contribution in [2.75, 3.05) is 9.71 Å². The molecule has 6 heteroatoms. The summed E-state index contributed by atoms with van der Waals surface area (Å²) in [5.74, 6) is 1.79. The van der Waals surface area contributed by atoms with Gasteiger partial charge in [-0.15, -0.1) is 0 Å². The van der Waals surface area contributed by atoms with E-state index >= 15 is 0 Å². The molecule has 0 saturated carbocycles. The minimum Gasteiger partial charge on any atom is -0.457 e. The summed E-state index contributed by atoms with van der Waals surface area (Å²) in [5, 5.41) is 4.35. The van der Waals surface area contributed by atoms with Gasteiger partial charge in [0, 0.05) is 83.2 Å². The molecule has 5 heterocycles. The molecule has 0 saturated heterocycles. The van der Waals surface area contributed by atoms with E-state index in [-0.39, 0.29) is 28.5 Å². The Kier molecular flexibility index (Phi) is 9.18. The molecule has 0 bridgehead atoms. The Labute approximate surface area is 445 Å². The molecule has 4 aliphatic rings. The first-order chi connectivity index (χ1) is 36.5. The van der Waals surface area contributed by atoms with Crippen LogP contribution in [0.15, 0.2) is 173 Å². The molecule has 0 atom stereocenters. The van der Waals surface area contributed by atoms with Crippen LogP contribution in [0.25, 0.3) is 66.1 Å². The van der Waals surface area contributed by atoms with Crippen LogP contribution in [0.3, 0.4) is 0 Å². The molecule has 3 aliphatic heterocycles. The van der Waals surface area contributed by atoms with Crippen LogP contribution in [0.2, 0.25) is 0 Å². The first-order valence-corrected chi connectivity index (χ1v) is 27.3. The van der Waals surface area contributed by atoms with Gasteiger partial charge in [0.25, 0.3) is 0 Å². The second-order valence-corrected chi connectivity index (χ2v) is 25.2. The first-order valence-electron chi connectivity index (χ1n) is 27.3. The van der Waals surface area contributed by atoms with E-state index in [4.69, 9.17) is 13.6 Å². The maximum absolute atomic E-state index is 7.28. The van der Waals surface area contributed by atoms with Crippen LogP contribution < -0.4 is 25.4 Å². The maximum Gasteiger partial charge on any atom is 0.333 e. The highest BCUT2D eigenvalue weighted by Crippen LogP contribution is 2.57. The molecule has 11 aromatic rings. The lowest BCUT2D eigenvalue weighted by Gasteiger charge is -2.48. The molecule has 76 heavy (non-hydrogen) atoms. The number of hydrogen-bond acceptors (Lipinski definition) is 5. The predicted octanol–water partition coefficient (Wildman–Crippen LogP) is 18.2. The highest BCUT2D eigenvalue weighted by Gasteiger charge is 2.50. The van der Waals surface area contributed by atoms with Gasteiger partial charge in [-0.3, -0.25) is 0 Å². The summed E-state index contributed by atoms with van der Waals surface area (Å²) >= 11 is 0. The van der Waals surface area contributed by atoms with Crippen molar-refractivity contribution in [1.82, 2.24) is 0 Å². The quantitative estimate of drug-likeness (QED) is 0.165. The number of rotatable bonds is 3. The van der Waals surface area contributed by atoms with E-state index in [2.05, 4.69) is 243 Å². The van der Waals surface area contributed by atoms with Crippen molar-refractivity contribution in [3.8, 4) is 33.8 Å². The van der Waals surface area contributed by atoms with Crippen LogP contribution in [-0.2, 0) is 21.7 Å². The van der Waals surface area contributed by atoms with Crippen molar-refractivity contribution in [3.05, 3.63) is 197 Å². The van der Waals surface area contributed by atoms with Crippen LogP contribution in [0.1, 0.15) is 109 Å². The van der Waals surface area contributed by atoms with Gasteiger partial charge in [0.15, 0.2) is 0 Å². The molecule has 0 unspecified atom stereocenters. The fourth-order valence-electron chi connectivity index (χ4n) is 13.9. The average Bonchev–Trinajstić information content (AvgIpc) is 3.98. The van der Waals surface area contributed by atoms with Crippen LogP contribution in [0, 0.1) is 6.92 Å². The third-order valence-electron chi connectivity index (χ3n) is 18.2. The van der Waals surface area contributed by atoms with Crippen molar-refractivity contribution >= 4 is 90.1 Å². The molecule has 1 aliphatic carbocycles. The normalized spacial score (nSPS) is 16.5. The number of fused-ring (bicyclic) bond motifs is 14. The van der Waals surface area contributed by atoms with E-state index in [1.165, 1.54) is 55.7 Å². The van der Waals surface area contributed by atoms with E-state index in [0.29, 0.717) is 0 Å². The summed E-state index contributed by atoms with van der Waals surface area (Å²) in [6.45, 7) is 23.4. The zero-order valence-corrected chi connectivity index (χ0v) is 45.2. The molecule has 2 aromatic heterocycles. The lowest BCUT2D eigenvalue weighted by atomic mass is 9.43. The van der Waals surface area contributed by atoms with Gasteiger partial charge in [-0.2, -0.15) is 0 Å². The second kappa shape index (κ2) is 15.3. The minimum absolute atomic E-state index is 0.0191. The zero-order valence-electron chi connectivity index (χ0n) is 45.2. The van der Waals surface area contributed by atoms with Gasteiger partial charge in [0.05, 0.1) is 0 Å². The standard InChI is InChI=1S/C70H61BN2O3/c1-40-32-50-51(69(7,8)31-30-68(50,5)6)37-55(40)72-57-38-52-63(75-61-27-19-16-24-49(61)70(52,9)10)39-53(57)71-65-58(72)35-47-44-23-15-18-26-60(44)76-66(47)64(65)48-36-62-46(43-22-14-17-25-59(43)74-62)34-56(48)73(71)54-29-28-42(67(2,3)4)33-45(54)41-20-12-11-13-21-41/h11-29,32-39H,30-31H2,1-10H3. The van der Waals surface area contributed by atoms with Crippen LogP contribution >= 0.6 is 0 Å².